The summed E-state index contributed by atoms with van der Waals surface area (Å²) in [5.41, 5.74) is 3.06. The second kappa shape index (κ2) is 8.17. The van der Waals surface area contributed by atoms with E-state index >= 15 is 0 Å². The van der Waals surface area contributed by atoms with Crippen LogP contribution in [-0.4, -0.2) is 33.8 Å². The molecule has 0 aliphatic carbocycles. The van der Waals surface area contributed by atoms with Crippen molar-refractivity contribution in [2.24, 2.45) is 5.92 Å². The van der Waals surface area contributed by atoms with Gasteiger partial charge >= 0.3 is 6.09 Å². The summed E-state index contributed by atoms with van der Waals surface area (Å²) in [6.45, 7) is 2.07. The van der Waals surface area contributed by atoms with E-state index in [0.29, 0.717) is 35.4 Å². The first-order valence-corrected chi connectivity index (χ1v) is 11.0. The fourth-order valence-corrected chi connectivity index (χ4v) is 5.12. The molecule has 3 aromatic rings. The molecule has 6 heteroatoms. The minimum atomic E-state index is -0.260. The van der Waals surface area contributed by atoms with Gasteiger partial charge in [0.15, 0.2) is 17.3 Å². The molecule has 2 aromatic carbocycles. The molecule has 5 rings (SSSR count). The van der Waals surface area contributed by atoms with E-state index in [9.17, 15) is 9.59 Å². The zero-order chi connectivity index (χ0) is 21.4. The number of rotatable bonds is 4. The van der Waals surface area contributed by atoms with E-state index in [0.717, 1.165) is 24.8 Å². The minimum absolute atomic E-state index is 0.0581. The molecular formula is C25H26N2O4. The first-order valence-electron chi connectivity index (χ1n) is 11.0. The van der Waals surface area contributed by atoms with Gasteiger partial charge in [-0.2, -0.15) is 0 Å². The van der Waals surface area contributed by atoms with Crippen LogP contribution in [0.2, 0.25) is 0 Å². The standard InChI is InChI=1S/C25H26N2O4/c1-16-26-22-14-18(10-11-23(22)31-16)24(28)19-12-20-8-5-9-21(13-19)27(20)25(29)30-15-17-6-3-2-4-7-17/h2-4,6-7,10-11,14,19-21H,5,8-9,12-13,15H2,1H3. The van der Waals surface area contributed by atoms with Crippen LogP contribution in [0.3, 0.4) is 0 Å². The number of ether oxygens (including phenoxy) is 1. The lowest BCUT2D eigenvalue weighted by Crippen LogP contribution is -2.55. The normalized spacial score (nSPS) is 23.0. The van der Waals surface area contributed by atoms with Crippen molar-refractivity contribution in [3.63, 3.8) is 0 Å². The molecule has 3 heterocycles. The molecule has 0 saturated carbocycles. The highest BCUT2D eigenvalue weighted by molar-refractivity contribution is 6.00. The summed E-state index contributed by atoms with van der Waals surface area (Å²) in [7, 11) is 0. The number of ketones is 1. The van der Waals surface area contributed by atoms with Crippen molar-refractivity contribution in [1.82, 2.24) is 9.88 Å². The van der Waals surface area contributed by atoms with Crippen LogP contribution in [0.1, 0.15) is 53.9 Å². The summed E-state index contributed by atoms with van der Waals surface area (Å²) in [4.78, 5) is 32.4. The summed E-state index contributed by atoms with van der Waals surface area (Å²) in [6, 6.07) is 15.3. The molecule has 2 bridgehead atoms. The lowest BCUT2D eigenvalue weighted by atomic mass is 9.76. The van der Waals surface area contributed by atoms with Crippen molar-refractivity contribution < 1.29 is 18.7 Å². The molecule has 31 heavy (non-hydrogen) atoms. The molecule has 2 atom stereocenters. The highest BCUT2D eigenvalue weighted by atomic mass is 16.6. The Morgan fingerprint density at radius 2 is 1.84 bits per heavy atom. The molecule has 0 spiro atoms. The minimum Gasteiger partial charge on any atom is -0.445 e. The first kappa shape index (κ1) is 19.8. The van der Waals surface area contributed by atoms with Crippen molar-refractivity contribution in [3.8, 4) is 0 Å². The fraction of sp³-hybridized carbons (Fsp3) is 0.400. The van der Waals surface area contributed by atoms with Crippen LogP contribution in [0.5, 0.6) is 0 Å². The highest BCUT2D eigenvalue weighted by Gasteiger charge is 2.43. The summed E-state index contributed by atoms with van der Waals surface area (Å²) >= 11 is 0. The maximum atomic E-state index is 13.3. The Labute approximate surface area is 181 Å². The summed E-state index contributed by atoms with van der Waals surface area (Å²) in [5, 5.41) is 0. The molecule has 0 radical (unpaired) electrons. The maximum absolute atomic E-state index is 13.3. The second-order valence-electron chi connectivity index (χ2n) is 8.63. The van der Waals surface area contributed by atoms with Gasteiger partial charge < -0.3 is 14.1 Å². The van der Waals surface area contributed by atoms with Gasteiger partial charge in [-0.3, -0.25) is 4.79 Å². The van der Waals surface area contributed by atoms with Crippen LogP contribution in [0.25, 0.3) is 11.1 Å². The van der Waals surface area contributed by atoms with Gasteiger partial charge in [0.1, 0.15) is 12.1 Å². The van der Waals surface area contributed by atoms with Crippen molar-refractivity contribution in [2.75, 3.05) is 0 Å². The monoisotopic (exact) mass is 418 g/mol. The number of amides is 1. The largest absolute Gasteiger partial charge is 0.445 e. The Kier molecular flexibility index (Phi) is 5.22. The second-order valence-corrected chi connectivity index (χ2v) is 8.63. The van der Waals surface area contributed by atoms with Crippen LogP contribution < -0.4 is 0 Å². The average Bonchev–Trinajstić information content (AvgIpc) is 3.16. The number of benzene rings is 2. The predicted molar refractivity (Wildman–Crippen MR) is 116 cm³/mol. The van der Waals surface area contributed by atoms with E-state index in [1.165, 1.54) is 0 Å². The summed E-state index contributed by atoms with van der Waals surface area (Å²) < 4.78 is 11.1. The van der Waals surface area contributed by atoms with E-state index in [1.807, 2.05) is 53.4 Å². The topological polar surface area (TPSA) is 72.6 Å². The number of piperidine rings is 2. The lowest BCUT2D eigenvalue weighted by molar-refractivity contribution is 0.00473. The molecular weight excluding hydrogens is 392 g/mol. The molecule has 2 saturated heterocycles. The molecule has 1 amide bonds. The lowest BCUT2D eigenvalue weighted by Gasteiger charge is -2.47. The third-order valence-electron chi connectivity index (χ3n) is 6.54. The van der Waals surface area contributed by atoms with Gasteiger partial charge in [-0.1, -0.05) is 30.3 Å². The molecule has 1 aromatic heterocycles. The van der Waals surface area contributed by atoms with Crippen LogP contribution in [-0.2, 0) is 11.3 Å². The quantitative estimate of drug-likeness (QED) is 0.539. The Balaban J connectivity index is 1.28. The van der Waals surface area contributed by atoms with Crippen LogP contribution in [0.4, 0.5) is 4.79 Å². The third-order valence-corrected chi connectivity index (χ3v) is 6.54. The molecule has 2 unspecified atom stereocenters. The number of fused-ring (bicyclic) bond motifs is 3. The number of aromatic nitrogens is 1. The van der Waals surface area contributed by atoms with Crippen LogP contribution in [0, 0.1) is 12.8 Å². The molecule has 2 aliphatic heterocycles. The Hall–Kier alpha value is -3.15. The van der Waals surface area contributed by atoms with Crippen molar-refractivity contribution in [2.45, 2.75) is 57.7 Å². The van der Waals surface area contributed by atoms with Gasteiger partial charge in [0.2, 0.25) is 0 Å². The Morgan fingerprint density at radius 1 is 1.10 bits per heavy atom. The fourth-order valence-electron chi connectivity index (χ4n) is 5.12. The van der Waals surface area contributed by atoms with Gasteiger partial charge in [-0.25, -0.2) is 9.78 Å². The molecule has 2 fully saturated rings. The summed E-state index contributed by atoms with van der Waals surface area (Å²) in [6.07, 6.45) is 4.04. The SMILES string of the molecule is Cc1nc2cc(C(=O)C3CC4CCCC(C3)N4C(=O)OCc3ccccc3)ccc2o1. The number of Topliss-reactive ketones (excluding diaryl/α,β-unsaturated/α-hetero) is 1. The number of oxazole rings is 1. The highest BCUT2D eigenvalue weighted by Crippen LogP contribution is 2.39. The predicted octanol–water partition coefficient (Wildman–Crippen LogP) is 5.29. The summed E-state index contributed by atoms with van der Waals surface area (Å²) in [5.74, 6) is 0.645. The Bertz CT molecular complexity index is 1090. The molecule has 160 valence electrons. The van der Waals surface area contributed by atoms with Gasteiger partial charge in [-0.15, -0.1) is 0 Å². The zero-order valence-corrected chi connectivity index (χ0v) is 17.6. The maximum Gasteiger partial charge on any atom is 0.410 e. The van der Waals surface area contributed by atoms with E-state index in [2.05, 4.69) is 4.98 Å². The number of hydrogen-bond acceptors (Lipinski definition) is 5. The van der Waals surface area contributed by atoms with Gasteiger partial charge in [0.05, 0.1) is 0 Å². The Morgan fingerprint density at radius 3 is 2.58 bits per heavy atom. The molecule has 6 nitrogen and oxygen atoms in total. The van der Waals surface area contributed by atoms with Crippen LogP contribution >= 0.6 is 0 Å². The molecule has 2 aliphatic rings. The number of hydrogen-bond donors (Lipinski definition) is 0. The average molecular weight is 418 g/mol. The zero-order valence-electron chi connectivity index (χ0n) is 17.6. The van der Waals surface area contributed by atoms with E-state index < -0.39 is 0 Å². The van der Waals surface area contributed by atoms with Crippen molar-refractivity contribution >= 4 is 23.0 Å². The smallest absolute Gasteiger partial charge is 0.410 e. The number of nitrogens with zero attached hydrogens (tertiary/aromatic N) is 2. The third kappa shape index (κ3) is 3.94. The van der Waals surface area contributed by atoms with Crippen LogP contribution in [0.15, 0.2) is 52.9 Å². The molecule has 0 N–H and O–H groups in total. The van der Waals surface area contributed by atoms with Crippen molar-refractivity contribution in [1.29, 1.82) is 0 Å². The number of aryl methyl sites for hydroxylation is 1. The van der Waals surface area contributed by atoms with E-state index in [-0.39, 0.29) is 36.5 Å². The van der Waals surface area contributed by atoms with E-state index in [1.54, 1.807) is 6.92 Å². The number of carbonyl (C=O) groups is 2. The first-order chi connectivity index (χ1) is 15.1. The van der Waals surface area contributed by atoms with Gasteiger partial charge in [0, 0.05) is 30.5 Å². The number of carbonyl (C=O) groups excluding carboxylic acids is 2. The van der Waals surface area contributed by atoms with E-state index in [4.69, 9.17) is 9.15 Å². The van der Waals surface area contributed by atoms with Gasteiger partial charge in [-0.05, 0) is 55.9 Å². The van der Waals surface area contributed by atoms with Crippen molar-refractivity contribution in [3.05, 3.63) is 65.5 Å². The van der Waals surface area contributed by atoms with Gasteiger partial charge in [0.25, 0.3) is 0 Å².